The molecule has 3 aromatic rings. The van der Waals surface area contributed by atoms with Gasteiger partial charge in [-0.25, -0.2) is 9.97 Å². The van der Waals surface area contributed by atoms with Gasteiger partial charge in [-0.1, -0.05) is 11.6 Å². The molecule has 0 unspecified atom stereocenters. The molecular formula is C12H8ClN3S. The van der Waals surface area contributed by atoms with Gasteiger partial charge in [0.1, 0.15) is 11.5 Å². The van der Waals surface area contributed by atoms with E-state index in [1.807, 2.05) is 12.1 Å². The molecule has 0 saturated carbocycles. The number of aromatic nitrogens is 3. The van der Waals surface area contributed by atoms with Crippen LogP contribution in [0, 0.1) is 6.92 Å². The Labute approximate surface area is 107 Å². The summed E-state index contributed by atoms with van der Waals surface area (Å²) in [6.45, 7) is 2.07. The maximum atomic E-state index is 6.08. The molecule has 0 bridgehead atoms. The fourth-order valence-electron chi connectivity index (χ4n) is 1.85. The second kappa shape index (κ2) is 4.05. The maximum absolute atomic E-state index is 6.08. The van der Waals surface area contributed by atoms with Crippen LogP contribution in [0.15, 0.2) is 30.9 Å². The number of thiophene rings is 1. The average molecular weight is 262 g/mol. The van der Waals surface area contributed by atoms with Gasteiger partial charge in [-0.2, -0.15) is 0 Å². The summed E-state index contributed by atoms with van der Waals surface area (Å²) in [6.07, 6.45) is 5.06. The van der Waals surface area contributed by atoms with Crippen molar-refractivity contribution in [2.45, 2.75) is 6.92 Å². The molecule has 0 saturated heterocycles. The quantitative estimate of drug-likeness (QED) is 0.627. The lowest BCUT2D eigenvalue weighted by Crippen LogP contribution is -1.83. The molecule has 0 atom stereocenters. The Balaban J connectivity index is 2.37. The normalized spacial score (nSPS) is 10.9. The summed E-state index contributed by atoms with van der Waals surface area (Å²) in [5.74, 6) is 0. The average Bonchev–Trinajstić information content (AvgIpc) is 2.68. The van der Waals surface area contributed by atoms with E-state index in [0.29, 0.717) is 5.15 Å². The summed E-state index contributed by atoms with van der Waals surface area (Å²) >= 11 is 7.70. The van der Waals surface area contributed by atoms with E-state index in [2.05, 4.69) is 21.9 Å². The summed E-state index contributed by atoms with van der Waals surface area (Å²) < 4.78 is 0.943. The zero-order valence-corrected chi connectivity index (χ0v) is 10.6. The molecule has 3 aromatic heterocycles. The van der Waals surface area contributed by atoms with Crippen molar-refractivity contribution < 1.29 is 0 Å². The number of rotatable bonds is 1. The van der Waals surface area contributed by atoms with Crippen molar-refractivity contribution in [2.24, 2.45) is 0 Å². The van der Waals surface area contributed by atoms with E-state index >= 15 is 0 Å². The number of pyridine rings is 1. The molecule has 0 aliphatic rings. The fourth-order valence-corrected chi connectivity index (χ4v) is 3.11. The highest BCUT2D eigenvalue weighted by molar-refractivity contribution is 7.20. The Morgan fingerprint density at radius 3 is 2.71 bits per heavy atom. The van der Waals surface area contributed by atoms with Crippen LogP contribution in [-0.4, -0.2) is 15.0 Å². The highest BCUT2D eigenvalue weighted by Gasteiger charge is 2.14. The lowest BCUT2D eigenvalue weighted by molar-refractivity contribution is 1.23. The number of nitrogens with zero attached hydrogens (tertiary/aromatic N) is 3. The summed E-state index contributed by atoms with van der Waals surface area (Å²) in [4.78, 5) is 13.6. The van der Waals surface area contributed by atoms with Crippen LogP contribution in [0.2, 0.25) is 5.15 Å². The third-order valence-electron chi connectivity index (χ3n) is 2.57. The van der Waals surface area contributed by atoms with Crippen molar-refractivity contribution in [3.05, 3.63) is 40.9 Å². The second-order valence-electron chi connectivity index (χ2n) is 3.61. The molecule has 5 heteroatoms. The lowest BCUT2D eigenvalue weighted by atomic mass is 10.1. The highest BCUT2D eigenvalue weighted by atomic mass is 35.5. The first-order valence-corrected chi connectivity index (χ1v) is 6.27. The summed E-state index contributed by atoms with van der Waals surface area (Å²) in [5, 5.41) is 0.517. The molecule has 0 spiro atoms. The largest absolute Gasteiger partial charge is 0.265 e. The Bertz CT molecular complexity index is 679. The van der Waals surface area contributed by atoms with Gasteiger partial charge in [-0.3, -0.25) is 4.98 Å². The van der Waals surface area contributed by atoms with Gasteiger partial charge in [0.15, 0.2) is 0 Å². The van der Waals surface area contributed by atoms with E-state index in [9.17, 15) is 0 Å². The predicted molar refractivity (Wildman–Crippen MR) is 70.4 cm³/mol. The third kappa shape index (κ3) is 1.69. The number of aryl methyl sites for hydroxylation is 1. The maximum Gasteiger partial charge on any atom is 0.150 e. The van der Waals surface area contributed by atoms with Crippen LogP contribution in [0.25, 0.3) is 21.3 Å². The van der Waals surface area contributed by atoms with Crippen molar-refractivity contribution in [3.8, 4) is 11.1 Å². The van der Waals surface area contributed by atoms with E-state index in [1.165, 1.54) is 11.2 Å². The van der Waals surface area contributed by atoms with Crippen LogP contribution in [0.3, 0.4) is 0 Å². The van der Waals surface area contributed by atoms with Gasteiger partial charge >= 0.3 is 0 Å². The van der Waals surface area contributed by atoms with E-state index in [4.69, 9.17) is 11.6 Å². The molecule has 0 fully saturated rings. The monoisotopic (exact) mass is 261 g/mol. The molecule has 3 heterocycles. The second-order valence-corrected chi connectivity index (χ2v) is 5.19. The minimum Gasteiger partial charge on any atom is -0.265 e. The zero-order chi connectivity index (χ0) is 11.8. The highest BCUT2D eigenvalue weighted by Crippen LogP contribution is 2.38. The number of fused-ring (bicyclic) bond motifs is 1. The molecule has 0 amide bonds. The topological polar surface area (TPSA) is 38.7 Å². The van der Waals surface area contributed by atoms with E-state index in [-0.39, 0.29) is 0 Å². The fraction of sp³-hybridized carbons (Fsp3) is 0.0833. The van der Waals surface area contributed by atoms with Gasteiger partial charge in [-0.15, -0.1) is 11.3 Å². The third-order valence-corrected chi connectivity index (χ3v) is 4.07. The molecule has 0 aliphatic heterocycles. The van der Waals surface area contributed by atoms with Gasteiger partial charge in [-0.05, 0) is 24.6 Å². The Hall–Kier alpha value is -1.52. The summed E-state index contributed by atoms with van der Waals surface area (Å²) in [6, 6.07) is 3.95. The summed E-state index contributed by atoms with van der Waals surface area (Å²) in [5.41, 5.74) is 3.15. The van der Waals surface area contributed by atoms with Crippen molar-refractivity contribution in [3.63, 3.8) is 0 Å². The van der Waals surface area contributed by atoms with Crippen LogP contribution in [0.5, 0.6) is 0 Å². The Kier molecular flexibility index (Phi) is 2.53. The van der Waals surface area contributed by atoms with Crippen molar-refractivity contribution >= 4 is 33.2 Å². The standard InChI is InChI=1S/C12H8ClN3S/c1-7-9(8-2-4-14-5-3-8)10-11(17-7)12(13)16-6-15-10/h2-6H,1H3. The van der Waals surface area contributed by atoms with Crippen molar-refractivity contribution in [1.82, 2.24) is 15.0 Å². The van der Waals surface area contributed by atoms with Crippen molar-refractivity contribution in [2.75, 3.05) is 0 Å². The number of hydrogen-bond acceptors (Lipinski definition) is 4. The molecule has 0 aromatic carbocycles. The molecule has 0 N–H and O–H groups in total. The minimum absolute atomic E-state index is 0.517. The van der Waals surface area contributed by atoms with Crippen LogP contribution in [-0.2, 0) is 0 Å². The SMILES string of the molecule is Cc1sc2c(Cl)ncnc2c1-c1ccncc1. The first-order chi connectivity index (χ1) is 8.27. The van der Waals surface area contributed by atoms with Crippen LogP contribution in [0.4, 0.5) is 0 Å². The molecule has 3 rings (SSSR count). The van der Waals surface area contributed by atoms with E-state index < -0.39 is 0 Å². The van der Waals surface area contributed by atoms with Crippen LogP contribution in [0.1, 0.15) is 4.88 Å². The zero-order valence-electron chi connectivity index (χ0n) is 9.01. The molecule has 17 heavy (non-hydrogen) atoms. The first kappa shape index (κ1) is 10.6. The van der Waals surface area contributed by atoms with E-state index in [1.54, 1.807) is 23.7 Å². The van der Waals surface area contributed by atoms with Gasteiger partial charge in [0.25, 0.3) is 0 Å². The van der Waals surface area contributed by atoms with E-state index in [0.717, 1.165) is 21.3 Å². The lowest BCUT2D eigenvalue weighted by Gasteiger charge is -2.00. The predicted octanol–water partition coefficient (Wildman–Crippen LogP) is 3.72. The van der Waals surface area contributed by atoms with Crippen molar-refractivity contribution in [1.29, 1.82) is 0 Å². The smallest absolute Gasteiger partial charge is 0.150 e. The molecule has 0 aliphatic carbocycles. The molecule has 0 radical (unpaired) electrons. The minimum atomic E-state index is 0.517. The molecule has 84 valence electrons. The Morgan fingerprint density at radius 1 is 1.18 bits per heavy atom. The Morgan fingerprint density at radius 2 is 1.94 bits per heavy atom. The van der Waals surface area contributed by atoms with Gasteiger partial charge < -0.3 is 0 Å². The van der Waals surface area contributed by atoms with Gasteiger partial charge in [0, 0.05) is 22.8 Å². The van der Waals surface area contributed by atoms with Gasteiger partial charge in [0.05, 0.1) is 10.2 Å². The summed E-state index contributed by atoms with van der Waals surface area (Å²) in [7, 11) is 0. The van der Waals surface area contributed by atoms with Gasteiger partial charge in [0.2, 0.25) is 0 Å². The van der Waals surface area contributed by atoms with Crippen LogP contribution < -0.4 is 0 Å². The molecule has 3 nitrogen and oxygen atoms in total. The first-order valence-electron chi connectivity index (χ1n) is 5.07. The number of hydrogen-bond donors (Lipinski definition) is 0. The molecular weight excluding hydrogens is 254 g/mol. The number of halogens is 1. The van der Waals surface area contributed by atoms with Crippen LogP contribution >= 0.6 is 22.9 Å².